The predicted molar refractivity (Wildman–Crippen MR) is 64.6 cm³/mol. The molecule has 2 rings (SSSR count). The Kier molecular flexibility index (Phi) is 5.07. The van der Waals surface area contributed by atoms with Crippen molar-refractivity contribution < 1.29 is 15.0 Å². The number of morpholine rings is 1. The zero-order valence-electron chi connectivity index (χ0n) is 10.7. The van der Waals surface area contributed by atoms with E-state index >= 15 is 0 Å². The van der Waals surface area contributed by atoms with Crippen molar-refractivity contribution in [1.29, 1.82) is 0 Å². The average Bonchev–Trinajstić information content (AvgIpc) is 2.30. The van der Waals surface area contributed by atoms with Crippen molar-refractivity contribution >= 4 is 0 Å². The van der Waals surface area contributed by atoms with E-state index in [0.717, 1.165) is 25.2 Å². The van der Waals surface area contributed by atoms with Crippen LogP contribution in [0.4, 0.5) is 0 Å². The first kappa shape index (κ1) is 12.3. The Labute approximate surface area is 99.5 Å². The topological polar surface area (TPSA) is 30.3 Å². The van der Waals surface area contributed by atoms with Crippen molar-refractivity contribution in [2.24, 2.45) is 5.92 Å². The van der Waals surface area contributed by atoms with Crippen molar-refractivity contribution in [2.45, 2.75) is 38.6 Å². The van der Waals surface area contributed by atoms with Gasteiger partial charge in [-0.3, -0.25) is 0 Å². The zero-order valence-corrected chi connectivity index (χ0v) is 10.7. The van der Waals surface area contributed by atoms with Gasteiger partial charge in [0.15, 0.2) is 0 Å². The normalized spacial score (nSPS) is 32.8. The van der Waals surface area contributed by atoms with Gasteiger partial charge >= 0.3 is 0 Å². The van der Waals surface area contributed by atoms with E-state index in [1.54, 1.807) is 4.90 Å². The summed E-state index contributed by atoms with van der Waals surface area (Å²) in [7, 11) is 0. The highest BCUT2D eigenvalue weighted by Gasteiger charge is 2.22. The van der Waals surface area contributed by atoms with Gasteiger partial charge in [-0.15, -0.1) is 0 Å². The van der Waals surface area contributed by atoms with Crippen molar-refractivity contribution in [2.75, 3.05) is 39.4 Å². The third-order valence-corrected chi connectivity index (χ3v) is 4.17. The van der Waals surface area contributed by atoms with Crippen molar-refractivity contribution in [3.05, 3.63) is 0 Å². The minimum absolute atomic E-state index is 0.921. The summed E-state index contributed by atoms with van der Waals surface area (Å²) in [5.41, 5.74) is 0. The molecule has 1 aliphatic carbocycles. The van der Waals surface area contributed by atoms with Gasteiger partial charge in [0.05, 0.1) is 19.3 Å². The van der Waals surface area contributed by atoms with E-state index in [1.165, 1.54) is 51.9 Å². The number of hydrogen-bond donors (Lipinski definition) is 2. The second-order valence-corrected chi connectivity index (χ2v) is 5.67. The molecular weight excluding hydrogens is 200 g/mol. The highest BCUT2D eigenvalue weighted by molar-refractivity contribution is 4.68. The van der Waals surface area contributed by atoms with Crippen LogP contribution in [0.25, 0.3) is 0 Å². The van der Waals surface area contributed by atoms with E-state index in [-0.39, 0.29) is 0 Å². The minimum atomic E-state index is 0.921. The summed E-state index contributed by atoms with van der Waals surface area (Å²) in [6.45, 7) is 9.42. The van der Waals surface area contributed by atoms with Gasteiger partial charge in [-0.25, -0.2) is 0 Å². The maximum atomic E-state index is 5.38. The molecule has 2 atom stereocenters. The summed E-state index contributed by atoms with van der Waals surface area (Å²) in [6.07, 6.45) is 5.80. The largest absolute Gasteiger partial charge is 0.370 e. The lowest BCUT2D eigenvalue weighted by atomic mass is 9.87. The number of ether oxygens (including phenoxy) is 1. The SMILES string of the molecule is C[C@H]1CCC[C@@H]([NH2+]CC[NH+]2CCOCC2)C1. The first-order valence-corrected chi connectivity index (χ1v) is 7.09. The Balaban J connectivity index is 1.56. The number of nitrogens with one attached hydrogen (secondary N) is 1. The first-order chi connectivity index (χ1) is 7.84. The van der Waals surface area contributed by atoms with Crippen LogP contribution in [0.3, 0.4) is 0 Å². The molecule has 3 heteroatoms. The fourth-order valence-electron chi connectivity index (χ4n) is 3.13. The Bertz CT molecular complexity index is 192. The van der Waals surface area contributed by atoms with E-state index in [4.69, 9.17) is 4.74 Å². The summed E-state index contributed by atoms with van der Waals surface area (Å²) in [5, 5.41) is 2.61. The molecule has 1 saturated carbocycles. The standard InChI is InChI=1S/C13H26N2O/c1-12-3-2-4-13(11-12)14-5-6-15-7-9-16-10-8-15/h12-14H,2-11H2,1H3/p+2/t12-,13+/m0/s1. The lowest BCUT2D eigenvalue weighted by molar-refractivity contribution is -0.921. The van der Waals surface area contributed by atoms with Crippen LogP contribution in [0, 0.1) is 5.92 Å². The van der Waals surface area contributed by atoms with Crippen LogP contribution in [-0.4, -0.2) is 45.4 Å². The lowest BCUT2D eigenvalue weighted by Gasteiger charge is -2.27. The first-order valence-electron chi connectivity index (χ1n) is 7.09. The third-order valence-electron chi connectivity index (χ3n) is 4.17. The summed E-state index contributed by atoms with van der Waals surface area (Å²) in [4.78, 5) is 1.74. The van der Waals surface area contributed by atoms with Gasteiger partial charge in [0.2, 0.25) is 0 Å². The van der Waals surface area contributed by atoms with Crippen molar-refractivity contribution in [3.8, 4) is 0 Å². The van der Waals surface area contributed by atoms with Crippen LogP contribution in [0.5, 0.6) is 0 Å². The summed E-state index contributed by atoms with van der Waals surface area (Å²) < 4.78 is 5.38. The van der Waals surface area contributed by atoms with Crippen LogP contribution < -0.4 is 10.2 Å². The van der Waals surface area contributed by atoms with Crippen molar-refractivity contribution in [3.63, 3.8) is 0 Å². The smallest absolute Gasteiger partial charge is 0.127 e. The molecule has 0 aromatic carbocycles. The Morgan fingerprint density at radius 1 is 1.25 bits per heavy atom. The third kappa shape index (κ3) is 4.04. The van der Waals surface area contributed by atoms with Crippen LogP contribution in [0.1, 0.15) is 32.6 Å². The van der Waals surface area contributed by atoms with Gasteiger partial charge in [0, 0.05) is 6.42 Å². The van der Waals surface area contributed by atoms with Gasteiger partial charge < -0.3 is 15.0 Å². The molecular formula is C13H28N2O+2. The molecule has 0 amide bonds. The monoisotopic (exact) mass is 228 g/mol. The molecule has 0 radical (unpaired) electrons. The molecule has 3 N–H and O–H groups in total. The fraction of sp³-hybridized carbons (Fsp3) is 1.00. The Hall–Kier alpha value is -0.120. The molecule has 2 fully saturated rings. The van der Waals surface area contributed by atoms with Crippen LogP contribution >= 0.6 is 0 Å². The van der Waals surface area contributed by atoms with Crippen LogP contribution in [0.15, 0.2) is 0 Å². The average molecular weight is 228 g/mol. The van der Waals surface area contributed by atoms with Gasteiger partial charge in [0.25, 0.3) is 0 Å². The molecule has 2 aliphatic rings. The molecule has 0 aromatic rings. The Morgan fingerprint density at radius 2 is 2.06 bits per heavy atom. The molecule has 3 nitrogen and oxygen atoms in total. The second-order valence-electron chi connectivity index (χ2n) is 5.67. The highest BCUT2D eigenvalue weighted by Crippen LogP contribution is 2.21. The van der Waals surface area contributed by atoms with Gasteiger partial charge in [-0.1, -0.05) is 13.3 Å². The maximum absolute atomic E-state index is 5.38. The van der Waals surface area contributed by atoms with E-state index in [0.29, 0.717) is 0 Å². The summed E-state index contributed by atoms with van der Waals surface area (Å²) >= 11 is 0. The van der Waals surface area contributed by atoms with Gasteiger partial charge in [-0.2, -0.15) is 0 Å². The molecule has 94 valence electrons. The molecule has 1 aliphatic heterocycles. The molecule has 1 saturated heterocycles. The lowest BCUT2D eigenvalue weighted by Crippen LogP contribution is -3.16. The second kappa shape index (κ2) is 6.58. The summed E-state index contributed by atoms with van der Waals surface area (Å²) in [5.74, 6) is 0.964. The zero-order chi connectivity index (χ0) is 11.2. The minimum Gasteiger partial charge on any atom is -0.370 e. The van der Waals surface area contributed by atoms with E-state index in [9.17, 15) is 0 Å². The quantitative estimate of drug-likeness (QED) is 0.638. The molecule has 0 bridgehead atoms. The number of hydrogen-bond acceptors (Lipinski definition) is 1. The van der Waals surface area contributed by atoms with E-state index < -0.39 is 0 Å². The Morgan fingerprint density at radius 3 is 2.81 bits per heavy atom. The molecule has 0 aromatic heterocycles. The van der Waals surface area contributed by atoms with E-state index in [2.05, 4.69) is 12.2 Å². The molecule has 16 heavy (non-hydrogen) atoms. The number of nitrogens with two attached hydrogens (primary N) is 1. The van der Waals surface area contributed by atoms with Crippen LogP contribution in [0.2, 0.25) is 0 Å². The van der Waals surface area contributed by atoms with E-state index in [1.807, 2.05) is 0 Å². The molecule has 1 heterocycles. The van der Waals surface area contributed by atoms with Crippen LogP contribution in [-0.2, 0) is 4.74 Å². The molecule has 0 spiro atoms. The van der Waals surface area contributed by atoms with Crippen molar-refractivity contribution in [1.82, 2.24) is 0 Å². The summed E-state index contributed by atoms with van der Waals surface area (Å²) in [6, 6.07) is 0.921. The number of quaternary nitrogens is 2. The predicted octanol–water partition coefficient (Wildman–Crippen LogP) is -0.956. The maximum Gasteiger partial charge on any atom is 0.127 e. The van der Waals surface area contributed by atoms with Gasteiger partial charge in [-0.05, 0) is 18.8 Å². The fourth-order valence-corrected chi connectivity index (χ4v) is 3.13. The number of rotatable bonds is 4. The highest BCUT2D eigenvalue weighted by atomic mass is 16.5. The van der Waals surface area contributed by atoms with Gasteiger partial charge in [0.1, 0.15) is 26.2 Å². The molecule has 0 unspecified atom stereocenters.